The van der Waals surface area contributed by atoms with Gasteiger partial charge in [-0.05, 0) is 68.3 Å². The van der Waals surface area contributed by atoms with Gasteiger partial charge in [-0.1, -0.05) is 6.07 Å². The molecule has 7 heteroatoms. The summed E-state index contributed by atoms with van der Waals surface area (Å²) in [6, 6.07) is 8.88. The SMILES string of the molecule is N#Cc1c(NC(=O)CCN2CCCC2c2ccc3c(c2)OCCCO3)sc2c1CCCC2. The lowest BCUT2D eigenvalue weighted by Gasteiger charge is -2.25. The van der Waals surface area contributed by atoms with E-state index >= 15 is 0 Å². The first-order chi connectivity index (χ1) is 15.7. The Bertz CT molecular complexity index is 1040. The minimum atomic E-state index is -0.00981. The molecule has 3 aliphatic rings. The summed E-state index contributed by atoms with van der Waals surface area (Å²) in [6.07, 6.45) is 7.80. The molecule has 168 valence electrons. The predicted molar refractivity (Wildman–Crippen MR) is 125 cm³/mol. The highest BCUT2D eigenvalue weighted by Gasteiger charge is 2.28. The van der Waals surface area contributed by atoms with E-state index < -0.39 is 0 Å². The quantitative estimate of drug-likeness (QED) is 0.705. The van der Waals surface area contributed by atoms with E-state index in [9.17, 15) is 10.1 Å². The van der Waals surface area contributed by atoms with Gasteiger partial charge in [-0.25, -0.2) is 0 Å². The molecule has 1 unspecified atom stereocenters. The van der Waals surface area contributed by atoms with Crippen molar-refractivity contribution in [2.45, 2.75) is 57.4 Å². The van der Waals surface area contributed by atoms with Crippen LogP contribution in [0.3, 0.4) is 0 Å². The van der Waals surface area contributed by atoms with Crippen molar-refractivity contribution < 1.29 is 14.3 Å². The average Bonchev–Trinajstić information content (AvgIpc) is 3.34. The van der Waals surface area contributed by atoms with Crippen LogP contribution in [0.2, 0.25) is 0 Å². The minimum absolute atomic E-state index is 0.00981. The number of nitriles is 1. The Morgan fingerprint density at radius 2 is 2.00 bits per heavy atom. The summed E-state index contributed by atoms with van der Waals surface area (Å²) in [6.45, 7) is 3.07. The van der Waals surface area contributed by atoms with E-state index in [4.69, 9.17) is 9.47 Å². The molecule has 1 fully saturated rings. The van der Waals surface area contributed by atoms with Crippen LogP contribution >= 0.6 is 11.3 Å². The van der Waals surface area contributed by atoms with Gasteiger partial charge in [0, 0.05) is 30.3 Å². The summed E-state index contributed by atoms with van der Waals surface area (Å²) in [4.78, 5) is 16.4. The number of benzene rings is 1. The Morgan fingerprint density at radius 3 is 2.88 bits per heavy atom. The number of anilines is 1. The third-order valence-electron chi connectivity index (χ3n) is 6.68. The first kappa shape index (κ1) is 21.3. The maximum atomic E-state index is 12.7. The van der Waals surface area contributed by atoms with E-state index in [1.165, 1.54) is 16.9 Å². The van der Waals surface area contributed by atoms with Crippen molar-refractivity contribution in [1.82, 2.24) is 4.90 Å². The zero-order valence-electron chi connectivity index (χ0n) is 18.3. The molecule has 1 atom stereocenters. The number of hydrogen-bond acceptors (Lipinski definition) is 6. The van der Waals surface area contributed by atoms with Crippen LogP contribution in [0.15, 0.2) is 18.2 Å². The number of thiophene rings is 1. The fourth-order valence-electron chi connectivity index (χ4n) is 5.06. The molecule has 6 nitrogen and oxygen atoms in total. The molecule has 32 heavy (non-hydrogen) atoms. The Morgan fingerprint density at radius 1 is 1.16 bits per heavy atom. The van der Waals surface area contributed by atoms with Crippen molar-refractivity contribution in [2.24, 2.45) is 0 Å². The van der Waals surface area contributed by atoms with E-state index in [-0.39, 0.29) is 5.91 Å². The van der Waals surface area contributed by atoms with Crippen LogP contribution in [0.25, 0.3) is 0 Å². The standard InChI is InChI=1S/C25H29N3O3S/c26-16-19-18-5-1-2-7-23(18)32-25(19)27-24(29)10-12-28-11-3-6-20(28)17-8-9-21-22(15-17)31-14-4-13-30-21/h8-9,15,20H,1-7,10-14H2,(H,27,29). The van der Waals surface area contributed by atoms with Crippen LogP contribution in [0.5, 0.6) is 11.5 Å². The number of nitrogens with zero attached hydrogens (tertiary/aromatic N) is 2. The van der Waals surface area contributed by atoms with Crippen LogP contribution in [0.4, 0.5) is 5.00 Å². The number of ether oxygens (including phenoxy) is 2. The van der Waals surface area contributed by atoms with Gasteiger partial charge in [0.1, 0.15) is 11.1 Å². The van der Waals surface area contributed by atoms with Crippen LogP contribution in [0.1, 0.15) is 66.1 Å². The smallest absolute Gasteiger partial charge is 0.226 e. The van der Waals surface area contributed by atoms with E-state index in [1.54, 1.807) is 11.3 Å². The molecule has 1 amide bonds. The van der Waals surface area contributed by atoms with Gasteiger partial charge in [0.15, 0.2) is 11.5 Å². The van der Waals surface area contributed by atoms with Crippen LogP contribution in [-0.2, 0) is 17.6 Å². The van der Waals surface area contributed by atoms with E-state index in [0.717, 1.165) is 67.1 Å². The van der Waals surface area contributed by atoms with Gasteiger partial charge in [-0.15, -0.1) is 11.3 Å². The highest BCUT2D eigenvalue weighted by atomic mass is 32.1. The van der Waals surface area contributed by atoms with Gasteiger partial charge < -0.3 is 14.8 Å². The number of hydrogen-bond donors (Lipinski definition) is 1. The largest absolute Gasteiger partial charge is 0.490 e. The molecule has 2 aromatic rings. The fraction of sp³-hybridized carbons (Fsp3) is 0.520. The van der Waals surface area contributed by atoms with Gasteiger partial charge in [0.2, 0.25) is 5.91 Å². The number of nitrogens with one attached hydrogen (secondary N) is 1. The zero-order chi connectivity index (χ0) is 21.9. The molecule has 0 bridgehead atoms. The highest BCUT2D eigenvalue weighted by molar-refractivity contribution is 7.16. The molecule has 1 aromatic carbocycles. The number of amides is 1. The molecule has 0 radical (unpaired) electrons. The Balaban J connectivity index is 1.22. The van der Waals surface area contributed by atoms with Crippen LogP contribution in [0, 0.1) is 11.3 Å². The molecular formula is C25H29N3O3S. The van der Waals surface area contributed by atoms with E-state index in [1.807, 2.05) is 6.07 Å². The predicted octanol–water partition coefficient (Wildman–Crippen LogP) is 4.83. The number of aryl methyl sites for hydroxylation is 1. The lowest BCUT2D eigenvalue weighted by atomic mass is 9.96. The number of rotatable bonds is 5. The third kappa shape index (κ3) is 4.35. The maximum Gasteiger partial charge on any atom is 0.226 e. The van der Waals surface area contributed by atoms with Gasteiger partial charge in [-0.2, -0.15) is 5.26 Å². The molecule has 5 rings (SSSR count). The summed E-state index contributed by atoms with van der Waals surface area (Å²) < 4.78 is 11.6. The molecular weight excluding hydrogens is 422 g/mol. The second-order valence-electron chi connectivity index (χ2n) is 8.78. The summed E-state index contributed by atoms with van der Waals surface area (Å²) >= 11 is 1.59. The summed E-state index contributed by atoms with van der Waals surface area (Å²) in [5, 5.41) is 13.4. The van der Waals surface area contributed by atoms with Crippen molar-refractivity contribution in [3.05, 3.63) is 39.8 Å². The first-order valence-corrected chi connectivity index (χ1v) is 12.5. The first-order valence-electron chi connectivity index (χ1n) is 11.7. The lowest BCUT2D eigenvalue weighted by molar-refractivity contribution is -0.116. The summed E-state index contributed by atoms with van der Waals surface area (Å²) in [5.41, 5.74) is 3.07. The molecule has 3 heterocycles. The molecule has 1 aliphatic carbocycles. The van der Waals surface area contributed by atoms with Crippen molar-refractivity contribution in [1.29, 1.82) is 5.26 Å². The molecule has 0 saturated carbocycles. The van der Waals surface area contributed by atoms with Gasteiger partial charge in [0.05, 0.1) is 18.8 Å². The van der Waals surface area contributed by atoms with Gasteiger partial charge >= 0.3 is 0 Å². The third-order valence-corrected chi connectivity index (χ3v) is 7.89. The molecule has 2 aliphatic heterocycles. The normalized spacial score (nSPS) is 20.3. The van der Waals surface area contributed by atoms with E-state index in [2.05, 4.69) is 28.4 Å². The Kier molecular flexibility index (Phi) is 6.33. The Hall–Kier alpha value is -2.56. The number of likely N-dealkylation sites (tertiary alicyclic amines) is 1. The van der Waals surface area contributed by atoms with Crippen LogP contribution in [-0.4, -0.2) is 37.1 Å². The summed E-state index contributed by atoms with van der Waals surface area (Å²) in [5.74, 6) is 1.64. The topological polar surface area (TPSA) is 74.6 Å². The van der Waals surface area contributed by atoms with Crippen molar-refractivity contribution >= 4 is 22.2 Å². The van der Waals surface area contributed by atoms with Crippen molar-refractivity contribution in [2.75, 3.05) is 31.6 Å². The average molecular weight is 452 g/mol. The van der Waals surface area contributed by atoms with Gasteiger partial charge in [0.25, 0.3) is 0 Å². The monoisotopic (exact) mass is 451 g/mol. The lowest BCUT2D eigenvalue weighted by Crippen LogP contribution is -2.27. The number of carbonyl (C=O) groups is 1. The second-order valence-corrected chi connectivity index (χ2v) is 9.88. The van der Waals surface area contributed by atoms with Crippen molar-refractivity contribution in [3.8, 4) is 17.6 Å². The number of carbonyl (C=O) groups excluding carboxylic acids is 1. The maximum absolute atomic E-state index is 12.7. The van der Waals surface area contributed by atoms with Crippen LogP contribution < -0.4 is 14.8 Å². The number of fused-ring (bicyclic) bond motifs is 2. The van der Waals surface area contributed by atoms with Crippen molar-refractivity contribution in [3.63, 3.8) is 0 Å². The molecule has 1 saturated heterocycles. The zero-order valence-corrected chi connectivity index (χ0v) is 19.1. The molecule has 1 N–H and O–H groups in total. The second kappa shape index (κ2) is 9.51. The molecule has 1 aromatic heterocycles. The minimum Gasteiger partial charge on any atom is -0.490 e. The Labute approximate surface area is 193 Å². The summed E-state index contributed by atoms with van der Waals surface area (Å²) in [7, 11) is 0. The molecule has 0 spiro atoms. The van der Waals surface area contributed by atoms with Gasteiger partial charge in [-0.3, -0.25) is 9.69 Å². The fourth-order valence-corrected chi connectivity index (χ4v) is 6.32. The van der Waals surface area contributed by atoms with E-state index in [0.29, 0.717) is 37.8 Å². The highest BCUT2D eigenvalue weighted by Crippen LogP contribution is 2.39.